The molecule has 1 aliphatic rings. The molecule has 70 valence electrons. The number of hydrogen-bond donors (Lipinski definition) is 1. The number of imidazole rings is 1. The lowest BCUT2D eigenvalue weighted by Gasteiger charge is -2.14. The molecule has 0 amide bonds. The van der Waals surface area contributed by atoms with Gasteiger partial charge in [0.2, 0.25) is 0 Å². The zero-order valence-corrected chi connectivity index (χ0v) is 8.39. The van der Waals surface area contributed by atoms with Gasteiger partial charge < -0.3 is 4.98 Å². The van der Waals surface area contributed by atoms with E-state index in [1.54, 1.807) is 0 Å². The van der Waals surface area contributed by atoms with Gasteiger partial charge in [0.1, 0.15) is 5.82 Å². The molecule has 1 aliphatic heterocycles. The Labute approximate surface area is 78.3 Å². The van der Waals surface area contributed by atoms with E-state index in [1.165, 1.54) is 11.4 Å². The van der Waals surface area contributed by atoms with Crippen LogP contribution in [0.3, 0.4) is 0 Å². The zero-order chi connectivity index (χ0) is 9.42. The highest BCUT2D eigenvalue weighted by atomic mass is 15.0. The Hall–Kier alpha value is -1.12. The van der Waals surface area contributed by atoms with Gasteiger partial charge in [-0.3, -0.25) is 0 Å². The maximum atomic E-state index is 4.44. The lowest BCUT2D eigenvalue weighted by Crippen LogP contribution is -2.06. The van der Waals surface area contributed by atoms with E-state index in [0.717, 1.165) is 24.5 Å². The smallest absolute Gasteiger partial charge is 0.173 e. The van der Waals surface area contributed by atoms with Crippen molar-refractivity contribution in [3.8, 4) is 0 Å². The van der Waals surface area contributed by atoms with Crippen molar-refractivity contribution < 1.29 is 0 Å². The second-order valence-corrected chi connectivity index (χ2v) is 3.73. The van der Waals surface area contributed by atoms with Gasteiger partial charge in [-0.15, -0.1) is 0 Å². The summed E-state index contributed by atoms with van der Waals surface area (Å²) in [4.78, 5) is 12.2. The first-order valence-corrected chi connectivity index (χ1v) is 4.83. The minimum atomic E-state index is 0.542. The molecule has 1 aromatic heterocycles. The molecule has 1 unspecified atom stereocenters. The van der Waals surface area contributed by atoms with Gasteiger partial charge in [0.15, 0.2) is 5.82 Å². The molecule has 0 bridgehead atoms. The summed E-state index contributed by atoms with van der Waals surface area (Å²) in [5.41, 5.74) is 2.40. The molecule has 13 heavy (non-hydrogen) atoms. The van der Waals surface area contributed by atoms with Crippen LogP contribution in [0, 0.1) is 0 Å². The summed E-state index contributed by atoms with van der Waals surface area (Å²) in [6.07, 6.45) is 2.01. The zero-order valence-electron chi connectivity index (χ0n) is 8.39. The molecule has 3 nitrogen and oxygen atoms in total. The molecule has 0 aromatic carbocycles. The number of nitrogens with one attached hydrogen (secondary N) is 1. The third-order valence-corrected chi connectivity index (χ3v) is 2.49. The summed E-state index contributed by atoms with van der Waals surface area (Å²) in [5.74, 6) is 2.50. The highest BCUT2D eigenvalue weighted by Crippen LogP contribution is 2.31. The molecule has 2 rings (SSSR count). The van der Waals surface area contributed by atoms with Crippen molar-refractivity contribution >= 4 is 11.5 Å². The van der Waals surface area contributed by atoms with Gasteiger partial charge >= 0.3 is 0 Å². The van der Waals surface area contributed by atoms with Crippen LogP contribution in [0.25, 0.3) is 0 Å². The van der Waals surface area contributed by atoms with Gasteiger partial charge in [-0.2, -0.15) is 0 Å². The van der Waals surface area contributed by atoms with Crippen molar-refractivity contribution in [2.45, 2.75) is 39.5 Å². The van der Waals surface area contributed by atoms with E-state index in [1.807, 2.05) is 0 Å². The fourth-order valence-electron chi connectivity index (χ4n) is 1.80. The largest absolute Gasteiger partial charge is 0.344 e. The number of aromatic amines is 1. The van der Waals surface area contributed by atoms with E-state index >= 15 is 0 Å². The number of nitrogens with zero attached hydrogens (tertiary/aromatic N) is 2. The first-order valence-electron chi connectivity index (χ1n) is 4.83. The van der Waals surface area contributed by atoms with Crippen LogP contribution in [-0.2, 0) is 6.42 Å². The molecule has 0 saturated carbocycles. The Kier molecular flexibility index (Phi) is 1.94. The lowest BCUT2D eigenvalue weighted by molar-refractivity contribution is 0.759. The third-order valence-electron chi connectivity index (χ3n) is 2.49. The van der Waals surface area contributed by atoms with Crippen LogP contribution in [0.5, 0.6) is 0 Å². The normalized spacial score (nSPS) is 21.2. The van der Waals surface area contributed by atoms with E-state index in [0.29, 0.717) is 5.92 Å². The highest BCUT2D eigenvalue weighted by Gasteiger charge is 2.20. The topological polar surface area (TPSA) is 41.0 Å². The van der Waals surface area contributed by atoms with Gasteiger partial charge in [-0.05, 0) is 13.3 Å². The molecule has 0 fully saturated rings. The van der Waals surface area contributed by atoms with Crippen LogP contribution in [-0.4, -0.2) is 15.7 Å². The van der Waals surface area contributed by atoms with Crippen molar-refractivity contribution in [2.24, 2.45) is 4.99 Å². The molecular formula is C10H15N3. The standard InChI is InChI=1S/C10H15N3/c1-4-8-12-9-6(2)5-7(3)11-10(9)13-8/h6H,4-5H2,1-3H3,(H,12,13). The molecule has 3 heteroatoms. The second-order valence-electron chi connectivity index (χ2n) is 3.73. The van der Waals surface area contributed by atoms with Gasteiger partial charge in [0, 0.05) is 18.1 Å². The molecule has 0 aliphatic carbocycles. The van der Waals surface area contributed by atoms with Crippen LogP contribution in [0.1, 0.15) is 44.6 Å². The van der Waals surface area contributed by atoms with Crippen molar-refractivity contribution in [2.75, 3.05) is 0 Å². The first-order chi connectivity index (χ1) is 6.20. The summed E-state index contributed by atoms with van der Waals surface area (Å²) in [6, 6.07) is 0. The molecule has 0 radical (unpaired) electrons. The van der Waals surface area contributed by atoms with Crippen molar-refractivity contribution in [1.29, 1.82) is 0 Å². The van der Waals surface area contributed by atoms with Crippen molar-refractivity contribution in [3.63, 3.8) is 0 Å². The summed E-state index contributed by atoms with van der Waals surface area (Å²) in [7, 11) is 0. The number of H-pyrrole nitrogens is 1. The van der Waals surface area contributed by atoms with E-state index in [2.05, 4.69) is 35.7 Å². The summed E-state index contributed by atoms with van der Waals surface area (Å²) in [6.45, 7) is 6.39. The average molecular weight is 177 g/mol. The Bertz CT molecular complexity index is 349. The Morgan fingerprint density at radius 2 is 2.31 bits per heavy atom. The van der Waals surface area contributed by atoms with Crippen LogP contribution in [0.2, 0.25) is 0 Å². The Balaban J connectivity index is 2.47. The summed E-state index contributed by atoms with van der Waals surface area (Å²) < 4.78 is 0. The molecule has 0 spiro atoms. The van der Waals surface area contributed by atoms with Gasteiger partial charge in [0.25, 0.3) is 0 Å². The number of rotatable bonds is 1. The van der Waals surface area contributed by atoms with Crippen LogP contribution >= 0.6 is 0 Å². The second kappa shape index (κ2) is 2.98. The Morgan fingerprint density at radius 1 is 1.54 bits per heavy atom. The van der Waals surface area contributed by atoms with E-state index in [-0.39, 0.29) is 0 Å². The SMILES string of the molecule is CCc1nc2c([nH]1)C(C)CC(C)=N2. The predicted octanol–water partition coefficient (Wildman–Crippen LogP) is 2.57. The fourth-order valence-corrected chi connectivity index (χ4v) is 1.80. The molecule has 0 saturated heterocycles. The molecule has 1 atom stereocenters. The number of hydrogen-bond acceptors (Lipinski definition) is 2. The number of aromatic nitrogens is 2. The van der Waals surface area contributed by atoms with Crippen LogP contribution in [0.15, 0.2) is 4.99 Å². The van der Waals surface area contributed by atoms with Gasteiger partial charge in [0.05, 0.1) is 5.69 Å². The van der Waals surface area contributed by atoms with Gasteiger partial charge in [-0.1, -0.05) is 13.8 Å². The predicted molar refractivity (Wildman–Crippen MR) is 53.8 cm³/mol. The minimum absolute atomic E-state index is 0.542. The quantitative estimate of drug-likeness (QED) is 0.703. The first kappa shape index (κ1) is 8.48. The molecular weight excluding hydrogens is 162 g/mol. The van der Waals surface area contributed by atoms with E-state index in [4.69, 9.17) is 0 Å². The molecule has 1 N–H and O–H groups in total. The maximum Gasteiger partial charge on any atom is 0.173 e. The third kappa shape index (κ3) is 1.39. The van der Waals surface area contributed by atoms with Gasteiger partial charge in [-0.25, -0.2) is 9.98 Å². The summed E-state index contributed by atoms with van der Waals surface area (Å²) >= 11 is 0. The van der Waals surface area contributed by atoms with E-state index in [9.17, 15) is 0 Å². The maximum absolute atomic E-state index is 4.44. The Morgan fingerprint density at radius 3 is 3.00 bits per heavy atom. The number of aliphatic imine (C=N–C) groups is 1. The average Bonchev–Trinajstić information content (AvgIpc) is 2.47. The van der Waals surface area contributed by atoms with E-state index < -0.39 is 0 Å². The fraction of sp³-hybridized carbons (Fsp3) is 0.600. The lowest BCUT2D eigenvalue weighted by atomic mass is 9.99. The van der Waals surface area contributed by atoms with Crippen molar-refractivity contribution in [3.05, 3.63) is 11.5 Å². The molecule has 1 aromatic rings. The monoisotopic (exact) mass is 177 g/mol. The number of aryl methyl sites for hydroxylation is 1. The van der Waals surface area contributed by atoms with Crippen LogP contribution < -0.4 is 0 Å². The number of fused-ring (bicyclic) bond motifs is 1. The minimum Gasteiger partial charge on any atom is -0.344 e. The summed E-state index contributed by atoms with van der Waals surface area (Å²) in [5, 5.41) is 0. The molecule has 2 heterocycles. The highest BCUT2D eigenvalue weighted by molar-refractivity contribution is 5.86. The van der Waals surface area contributed by atoms with Crippen LogP contribution in [0.4, 0.5) is 5.82 Å². The van der Waals surface area contributed by atoms with Crippen molar-refractivity contribution in [1.82, 2.24) is 9.97 Å².